The van der Waals surface area contributed by atoms with Crippen LogP contribution < -0.4 is 9.62 Å². The quantitative estimate of drug-likeness (QED) is 0.354. The summed E-state index contributed by atoms with van der Waals surface area (Å²) in [5.74, 6) is -1.51. The highest BCUT2D eigenvalue weighted by Crippen LogP contribution is 2.31. The van der Waals surface area contributed by atoms with Crippen LogP contribution in [0.25, 0.3) is 0 Å². The van der Waals surface area contributed by atoms with Crippen molar-refractivity contribution in [2.75, 3.05) is 10.8 Å². The molecule has 1 atom stereocenters. The van der Waals surface area contributed by atoms with Gasteiger partial charge >= 0.3 is 0 Å². The summed E-state index contributed by atoms with van der Waals surface area (Å²) in [6.45, 7) is 4.45. The number of nitrogens with zero attached hydrogens (tertiary/aromatic N) is 2. The summed E-state index contributed by atoms with van der Waals surface area (Å²) in [6, 6.07) is 16.2. The Hall–Kier alpha value is -3.14. The van der Waals surface area contributed by atoms with Crippen molar-refractivity contribution >= 4 is 50.7 Å². The zero-order valence-corrected chi connectivity index (χ0v) is 23.4. The predicted octanol–water partition coefficient (Wildman–Crippen LogP) is 5.27. The van der Waals surface area contributed by atoms with Gasteiger partial charge in [-0.05, 0) is 68.8 Å². The summed E-state index contributed by atoms with van der Waals surface area (Å²) in [5, 5.41) is 3.10. The highest BCUT2D eigenvalue weighted by molar-refractivity contribution is 7.92. The van der Waals surface area contributed by atoms with Gasteiger partial charge in [-0.2, -0.15) is 0 Å². The number of nitrogens with one attached hydrogen (secondary N) is 1. The van der Waals surface area contributed by atoms with E-state index >= 15 is 0 Å². The first-order chi connectivity index (χ1) is 17.9. The standard InChI is InChI=1S/C27H28Cl2FN3O4S/c1-18(2)31-27(35)19(3)32(16-20-9-11-21(30)12-10-20)26(34)17-33(22-13-14-24(28)25(29)15-22)38(36,37)23-7-5-4-6-8-23/h4-15,18-19H,16-17H2,1-3H3,(H,31,35). The van der Waals surface area contributed by atoms with Crippen LogP contribution in [0, 0.1) is 5.82 Å². The second-order valence-corrected chi connectivity index (χ2v) is 11.6. The molecule has 0 aliphatic heterocycles. The van der Waals surface area contributed by atoms with Crippen molar-refractivity contribution in [2.24, 2.45) is 0 Å². The van der Waals surface area contributed by atoms with Gasteiger partial charge in [0, 0.05) is 12.6 Å². The van der Waals surface area contributed by atoms with Gasteiger partial charge in [0.2, 0.25) is 11.8 Å². The molecule has 0 radical (unpaired) electrons. The molecule has 202 valence electrons. The number of carbonyl (C=O) groups is 2. The van der Waals surface area contributed by atoms with E-state index in [0.717, 1.165) is 4.31 Å². The Morgan fingerprint density at radius 3 is 2.13 bits per heavy atom. The number of hydrogen-bond donors (Lipinski definition) is 1. The van der Waals surface area contributed by atoms with Crippen LogP contribution in [0.4, 0.5) is 10.1 Å². The van der Waals surface area contributed by atoms with E-state index in [1.54, 1.807) is 39.0 Å². The minimum Gasteiger partial charge on any atom is -0.352 e. The molecule has 1 N–H and O–H groups in total. The van der Waals surface area contributed by atoms with Crippen LogP contribution in [0.3, 0.4) is 0 Å². The van der Waals surface area contributed by atoms with E-state index in [-0.39, 0.29) is 33.2 Å². The second-order valence-electron chi connectivity index (χ2n) is 8.91. The van der Waals surface area contributed by atoms with Crippen LogP contribution in [0.15, 0.2) is 77.7 Å². The highest BCUT2D eigenvalue weighted by atomic mass is 35.5. The number of sulfonamides is 1. The molecule has 0 aliphatic carbocycles. The van der Waals surface area contributed by atoms with E-state index in [2.05, 4.69) is 5.32 Å². The van der Waals surface area contributed by atoms with E-state index in [1.807, 2.05) is 0 Å². The fraction of sp³-hybridized carbons (Fsp3) is 0.259. The normalized spacial score (nSPS) is 12.2. The summed E-state index contributed by atoms with van der Waals surface area (Å²) in [6.07, 6.45) is 0. The third-order valence-corrected chi connectivity index (χ3v) is 8.19. The molecule has 3 rings (SSSR count). The first-order valence-corrected chi connectivity index (χ1v) is 14.0. The van der Waals surface area contributed by atoms with Crippen LogP contribution in [-0.2, 0) is 26.2 Å². The van der Waals surface area contributed by atoms with Crippen LogP contribution in [-0.4, -0.2) is 43.8 Å². The van der Waals surface area contributed by atoms with Crippen molar-refractivity contribution < 1.29 is 22.4 Å². The lowest BCUT2D eigenvalue weighted by molar-refractivity contribution is -0.139. The fourth-order valence-corrected chi connectivity index (χ4v) is 5.38. The molecule has 0 aromatic heterocycles. The molecular formula is C27H28Cl2FN3O4S. The summed E-state index contributed by atoms with van der Waals surface area (Å²) in [7, 11) is -4.22. The maximum Gasteiger partial charge on any atom is 0.264 e. The monoisotopic (exact) mass is 579 g/mol. The molecule has 3 aromatic carbocycles. The van der Waals surface area contributed by atoms with Crippen LogP contribution >= 0.6 is 23.2 Å². The van der Waals surface area contributed by atoms with Gasteiger partial charge < -0.3 is 10.2 Å². The molecule has 0 bridgehead atoms. The number of hydrogen-bond acceptors (Lipinski definition) is 4. The van der Waals surface area contributed by atoms with Crippen molar-refractivity contribution in [3.63, 3.8) is 0 Å². The summed E-state index contributed by atoms with van der Waals surface area (Å²) in [5.41, 5.74) is 0.688. The van der Waals surface area contributed by atoms with Gasteiger partial charge in [-0.15, -0.1) is 0 Å². The lowest BCUT2D eigenvalue weighted by Crippen LogP contribution is -2.52. The summed E-state index contributed by atoms with van der Waals surface area (Å²) in [4.78, 5) is 27.9. The molecule has 7 nitrogen and oxygen atoms in total. The Bertz CT molecular complexity index is 1390. The van der Waals surface area contributed by atoms with Crippen LogP contribution in [0.2, 0.25) is 10.0 Å². The Labute approximate surface area is 232 Å². The van der Waals surface area contributed by atoms with Crippen molar-refractivity contribution in [3.05, 3.63) is 94.2 Å². The van der Waals surface area contributed by atoms with E-state index < -0.39 is 40.2 Å². The number of anilines is 1. The lowest BCUT2D eigenvalue weighted by atomic mass is 10.1. The van der Waals surface area contributed by atoms with Gasteiger partial charge in [0.1, 0.15) is 18.4 Å². The highest BCUT2D eigenvalue weighted by Gasteiger charge is 2.32. The molecule has 11 heteroatoms. The van der Waals surface area contributed by atoms with Gasteiger partial charge in [0.15, 0.2) is 0 Å². The number of benzene rings is 3. The molecule has 3 aromatic rings. The molecule has 0 heterocycles. The second kappa shape index (κ2) is 12.6. The summed E-state index contributed by atoms with van der Waals surface area (Å²) < 4.78 is 41.8. The Kier molecular flexibility index (Phi) is 9.76. The molecule has 0 saturated carbocycles. The average molecular weight is 581 g/mol. The smallest absolute Gasteiger partial charge is 0.264 e. The number of carbonyl (C=O) groups excluding carboxylic acids is 2. The fourth-order valence-electron chi connectivity index (χ4n) is 3.66. The molecule has 1 unspecified atom stereocenters. The first-order valence-electron chi connectivity index (χ1n) is 11.8. The van der Waals surface area contributed by atoms with E-state index in [1.165, 1.54) is 59.5 Å². The van der Waals surface area contributed by atoms with Gasteiger partial charge in [-0.25, -0.2) is 12.8 Å². The van der Waals surface area contributed by atoms with Crippen LogP contribution in [0.5, 0.6) is 0 Å². The van der Waals surface area contributed by atoms with Gasteiger partial charge in [-0.3, -0.25) is 13.9 Å². The van der Waals surface area contributed by atoms with E-state index in [0.29, 0.717) is 5.56 Å². The van der Waals surface area contributed by atoms with E-state index in [9.17, 15) is 22.4 Å². The first kappa shape index (κ1) is 29.4. The Balaban J connectivity index is 2.04. The van der Waals surface area contributed by atoms with Crippen molar-refractivity contribution in [3.8, 4) is 0 Å². The zero-order chi connectivity index (χ0) is 28.0. The third kappa shape index (κ3) is 7.24. The maximum atomic E-state index is 13.8. The van der Waals surface area contributed by atoms with Crippen molar-refractivity contribution in [1.82, 2.24) is 10.2 Å². The molecule has 0 spiro atoms. The zero-order valence-electron chi connectivity index (χ0n) is 21.1. The summed E-state index contributed by atoms with van der Waals surface area (Å²) >= 11 is 12.2. The number of amides is 2. The minimum absolute atomic E-state index is 0.0328. The Morgan fingerprint density at radius 2 is 1.55 bits per heavy atom. The third-order valence-electron chi connectivity index (χ3n) is 5.67. The minimum atomic E-state index is -4.22. The molecular weight excluding hydrogens is 552 g/mol. The largest absolute Gasteiger partial charge is 0.352 e. The molecule has 0 saturated heterocycles. The lowest BCUT2D eigenvalue weighted by Gasteiger charge is -2.32. The SMILES string of the molecule is CC(C)NC(=O)C(C)N(Cc1ccc(F)cc1)C(=O)CN(c1ccc(Cl)c(Cl)c1)S(=O)(=O)c1ccccc1. The van der Waals surface area contributed by atoms with E-state index in [4.69, 9.17) is 23.2 Å². The van der Waals surface area contributed by atoms with Gasteiger partial charge in [0.25, 0.3) is 10.0 Å². The van der Waals surface area contributed by atoms with Crippen molar-refractivity contribution in [2.45, 2.75) is 44.3 Å². The Morgan fingerprint density at radius 1 is 0.921 bits per heavy atom. The average Bonchev–Trinajstić information content (AvgIpc) is 2.88. The molecule has 2 amide bonds. The molecule has 0 aliphatic rings. The number of rotatable bonds is 10. The maximum absolute atomic E-state index is 13.8. The molecule has 38 heavy (non-hydrogen) atoms. The molecule has 0 fully saturated rings. The van der Waals surface area contributed by atoms with Crippen LogP contribution in [0.1, 0.15) is 26.3 Å². The van der Waals surface area contributed by atoms with Crippen molar-refractivity contribution in [1.29, 1.82) is 0 Å². The van der Waals surface area contributed by atoms with Gasteiger partial charge in [-0.1, -0.05) is 53.5 Å². The topological polar surface area (TPSA) is 86.8 Å². The van der Waals surface area contributed by atoms with Gasteiger partial charge in [0.05, 0.1) is 20.6 Å². The number of halogens is 3. The predicted molar refractivity (Wildman–Crippen MR) is 147 cm³/mol.